The fourth-order valence-electron chi connectivity index (χ4n) is 2.24. The van der Waals surface area contributed by atoms with E-state index in [0.717, 1.165) is 4.88 Å². The highest BCUT2D eigenvalue weighted by molar-refractivity contribution is 7.13. The molecule has 1 amide bonds. The second kappa shape index (κ2) is 5.77. The van der Waals surface area contributed by atoms with Gasteiger partial charge < -0.3 is 19.2 Å². The summed E-state index contributed by atoms with van der Waals surface area (Å²) in [5, 5.41) is 4.73. The minimum Gasteiger partial charge on any atom is -0.482 e. The van der Waals surface area contributed by atoms with Crippen LogP contribution in [-0.2, 0) is 11.4 Å². The van der Waals surface area contributed by atoms with Crippen molar-refractivity contribution in [2.75, 3.05) is 11.9 Å². The number of hydrogen-bond donors (Lipinski definition) is 1. The van der Waals surface area contributed by atoms with E-state index in [1.54, 1.807) is 35.7 Å². The Bertz CT molecular complexity index is 842. The van der Waals surface area contributed by atoms with E-state index in [0.29, 0.717) is 28.8 Å². The number of carbonyl (C=O) groups excluding carboxylic acids is 1. The maximum Gasteiger partial charge on any atom is 0.262 e. The van der Waals surface area contributed by atoms with E-state index < -0.39 is 0 Å². The predicted octanol–water partition coefficient (Wildman–Crippen LogP) is 3.31. The second-order valence-corrected chi connectivity index (χ2v) is 5.80. The van der Waals surface area contributed by atoms with E-state index in [-0.39, 0.29) is 19.1 Å². The van der Waals surface area contributed by atoms with Crippen molar-refractivity contribution in [1.29, 1.82) is 0 Å². The van der Waals surface area contributed by atoms with E-state index in [2.05, 4.69) is 10.3 Å². The van der Waals surface area contributed by atoms with Gasteiger partial charge in [-0.15, -0.1) is 11.3 Å². The van der Waals surface area contributed by atoms with Gasteiger partial charge in [0.05, 0.1) is 11.1 Å². The predicted molar refractivity (Wildman–Crippen MR) is 84.7 cm³/mol. The Balaban J connectivity index is 1.51. The van der Waals surface area contributed by atoms with Gasteiger partial charge in [-0.2, -0.15) is 0 Å². The number of fused-ring (bicyclic) bond motifs is 1. The molecule has 1 N–H and O–H groups in total. The number of nitrogens with zero attached hydrogens (tertiary/aromatic N) is 1. The van der Waals surface area contributed by atoms with Gasteiger partial charge in [0.2, 0.25) is 5.89 Å². The van der Waals surface area contributed by atoms with Crippen molar-refractivity contribution < 1.29 is 18.7 Å². The lowest BCUT2D eigenvalue weighted by Gasteiger charge is -2.20. The number of para-hydroxylation sites is 1. The summed E-state index contributed by atoms with van der Waals surface area (Å²) >= 11 is 1.58. The number of benzene rings is 1. The fourth-order valence-corrected chi connectivity index (χ4v) is 2.91. The number of oxazole rings is 1. The van der Waals surface area contributed by atoms with Crippen LogP contribution in [0, 0.1) is 0 Å². The smallest absolute Gasteiger partial charge is 0.262 e. The quantitative estimate of drug-likeness (QED) is 0.795. The highest BCUT2D eigenvalue weighted by atomic mass is 32.1. The lowest BCUT2D eigenvalue weighted by molar-refractivity contribution is -0.118. The molecule has 6 nitrogen and oxygen atoms in total. The van der Waals surface area contributed by atoms with Crippen molar-refractivity contribution in [3.8, 4) is 22.1 Å². The lowest BCUT2D eigenvalue weighted by atomic mass is 10.2. The number of hydrogen-bond acceptors (Lipinski definition) is 6. The first kappa shape index (κ1) is 13.8. The molecule has 0 fully saturated rings. The molecule has 0 radical (unpaired) electrons. The summed E-state index contributed by atoms with van der Waals surface area (Å²) in [6.45, 7) is 0.179. The minimum atomic E-state index is -0.204. The van der Waals surface area contributed by atoms with Crippen LogP contribution >= 0.6 is 11.3 Å². The maximum absolute atomic E-state index is 11.5. The molecule has 4 rings (SSSR count). The van der Waals surface area contributed by atoms with E-state index in [9.17, 15) is 4.79 Å². The third kappa shape index (κ3) is 2.78. The van der Waals surface area contributed by atoms with Crippen LogP contribution < -0.4 is 14.8 Å². The molecule has 1 aliphatic heterocycles. The molecular weight excluding hydrogens is 316 g/mol. The number of amides is 1. The number of carbonyl (C=O) groups is 1. The number of ether oxygens (including phenoxy) is 2. The van der Waals surface area contributed by atoms with Crippen molar-refractivity contribution in [2.45, 2.75) is 6.61 Å². The van der Waals surface area contributed by atoms with Crippen molar-refractivity contribution in [3.63, 3.8) is 0 Å². The molecule has 3 heterocycles. The van der Waals surface area contributed by atoms with Crippen LogP contribution in [0.3, 0.4) is 0 Å². The molecule has 1 aromatic carbocycles. The average molecular weight is 328 g/mol. The van der Waals surface area contributed by atoms with Gasteiger partial charge in [0.15, 0.2) is 19.0 Å². The zero-order valence-electron chi connectivity index (χ0n) is 11.9. The normalized spacial score (nSPS) is 13.1. The molecule has 1 aliphatic rings. The topological polar surface area (TPSA) is 73.6 Å². The van der Waals surface area contributed by atoms with Crippen molar-refractivity contribution >= 4 is 22.9 Å². The Hall–Kier alpha value is -2.80. The molecule has 0 bridgehead atoms. The Kier molecular flexibility index (Phi) is 3.47. The van der Waals surface area contributed by atoms with Gasteiger partial charge in [-0.1, -0.05) is 12.1 Å². The second-order valence-electron chi connectivity index (χ2n) is 4.85. The summed E-state index contributed by atoms with van der Waals surface area (Å²) in [6.07, 6.45) is 1.68. The Morgan fingerprint density at radius 2 is 2.26 bits per heavy atom. The number of nitrogens with one attached hydrogen (secondary N) is 1. The van der Waals surface area contributed by atoms with Gasteiger partial charge in [-0.25, -0.2) is 4.98 Å². The minimum absolute atomic E-state index is 0.0143. The summed E-state index contributed by atoms with van der Waals surface area (Å²) in [5.74, 6) is 2.09. The molecule has 0 saturated carbocycles. The fraction of sp³-hybridized carbons (Fsp3) is 0.125. The van der Waals surface area contributed by atoms with Crippen LogP contribution in [0.15, 0.2) is 46.3 Å². The van der Waals surface area contributed by atoms with Crippen LogP contribution in [0.5, 0.6) is 11.5 Å². The zero-order valence-corrected chi connectivity index (χ0v) is 12.8. The van der Waals surface area contributed by atoms with Gasteiger partial charge >= 0.3 is 0 Å². The molecule has 2 aromatic heterocycles. The zero-order chi connectivity index (χ0) is 15.6. The molecule has 7 heteroatoms. The third-order valence-electron chi connectivity index (χ3n) is 3.28. The van der Waals surface area contributed by atoms with E-state index in [1.165, 1.54) is 0 Å². The van der Waals surface area contributed by atoms with Crippen molar-refractivity contribution in [1.82, 2.24) is 4.98 Å². The monoisotopic (exact) mass is 328 g/mol. The van der Waals surface area contributed by atoms with Crippen LogP contribution in [0.1, 0.15) is 5.89 Å². The van der Waals surface area contributed by atoms with Crippen LogP contribution in [-0.4, -0.2) is 17.5 Å². The number of anilines is 1. The highest BCUT2D eigenvalue weighted by Gasteiger charge is 2.20. The van der Waals surface area contributed by atoms with E-state index in [4.69, 9.17) is 13.9 Å². The highest BCUT2D eigenvalue weighted by Crippen LogP contribution is 2.37. The van der Waals surface area contributed by atoms with E-state index >= 15 is 0 Å². The first-order chi connectivity index (χ1) is 11.3. The molecule has 0 spiro atoms. The number of thiophene rings is 1. The third-order valence-corrected chi connectivity index (χ3v) is 4.16. The molecular formula is C16H12N2O4S. The van der Waals surface area contributed by atoms with Gasteiger partial charge in [0.1, 0.15) is 17.2 Å². The van der Waals surface area contributed by atoms with Crippen LogP contribution in [0.2, 0.25) is 0 Å². The lowest BCUT2D eigenvalue weighted by Crippen LogP contribution is -2.25. The summed E-state index contributed by atoms with van der Waals surface area (Å²) in [7, 11) is 0. The molecule has 0 aliphatic carbocycles. The number of rotatable bonds is 4. The van der Waals surface area contributed by atoms with E-state index in [1.807, 2.05) is 17.5 Å². The van der Waals surface area contributed by atoms with Gasteiger partial charge in [-0.3, -0.25) is 4.79 Å². The first-order valence-electron chi connectivity index (χ1n) is 6.96. The van der Waals surface area contributed by atoms with Gasteiger partial charge in [0.25, 0.3) is 5.91 Å². The van der Waals surface area contributed by atoms with Crippen molar-refractivity contribution in [3.05, 3.63) is 47.8 Å². The number of aromatic nitrogens is 1. The summed E-state index contributed by atoms with van der Waals surface area (Å²) < 4.78 is 16.7. The average Bonchev–Trinajstić information content (AvgIpc) is 3.24. The molecule has 3 aromatic rings. The molecule has 0 saturated heterocycles. The largest absolute Gasteiger partial charge is 0.482 e. The van der Waals surface area contributed by atoms with Crippen LogP contribution in [0.4, 0.5) is 5.69 Å². The van der Waals surface area contributed by atoms with Crippen molar-refractivity contribution in [2.24, 2.45) is 0 Å². The first-order valence-corrected chi connectivity index (χ1v) is 7.84. The summed E-state index contributed by atoms with van der Waals surface area (Å²) in [5.41, 5.74) is 0.536. The molecule has 0 unspecified atom stereocenters. The Morgan fingerprint density at radius 3 is 3.13 bits per heavy atom. The summed E-state index contributed by atoms with van der Waals surface area (Å²) in [4.78, 5) is 16.7. The molecule has 0 atom stereocenters. The van der Waals surface area contributed by atoms with Crippen LogP contribution in [0.25, 0.3) is 10.6 Å². The Labute approximate surface area is 135 Å². The molecule has 116 valence electrons. The Morgan fingerprint density at radius 1 is 1.30 bits per heavy atom. The standard InChI is InChI=1S/C16H12N2O4S/c19-14-8-20-10-3-1-4-11(16(10)18-14)21-9-15-17-7-12(22-15)13-5-2-6-23-13/h1-7H,8-9H2,(H,18,19). The SMILES string of the molecule is O=C1COc2cccc(OCc3ncc(-c4cccs4)o3)c2N1. The van der Waals surface area contributed by atoms with Gasteiger partial charge in [0, 0.05) is 0 Å². The maximum atomic E-state index is 11.5. The van der Waals surface area contributed by atoms with Gasteiger partial charge in [-0.05, 0) is 23.6 Å². The molecule has 23 heavy (non-hydrogen) atoms. The summed E-state index contributed by atoms with van der Waals surface area (Å²) in [6, 6.07) is 9.27.